The molecule has 1 aromatic rings. The maximum Gasteiger partial charge on any atom is 0.0917 e. The number of hydrogen-bond donors (Lipinski definition) is 2. The first-order valence-electron chi connectivity index (χ1n) is 6.38. The van der Waals surface area contributed by atoms with Crippen molar-refractivity contribution in [3.05, 3.63) is 35.9 Å². The summed E-state index contributed by atoms with van der Waals surface area (Å²) in [6, 6.07) is 10.9. The van der Waals surface area contributed by atoms with Crippen LogP contribution in [0.2, 0.25) is 0 Å². The Morgan fingerprint density at radius 2 is 1.82 bits per heavy atom. The van der Waals surface area contributed by atoms with Crippen LogP contribution in [0.25, 0.3) is 0 Å². The normalized spacial score (nSPS) is 27.9. The zero-order valence-corrected chi connectivity index (χ0v) is 10.6. The van der Waals surface area contributed by atoms with Crippen LogP contribution in [0.1, 0.15) is 25.5 Å². The van der Waals surface area contributed by atoms with Gasteiger partial charge in [-0.15, -0.1) is 0 Å². The van der Waals surface area contributed by atoms with Gasteiger partial charge in [0.05, 0.1) is 6.10 Å². The number of nitrogens with one attached hydrogen (secondary N) is 1. The Morgan fingerprint density at radius 3 is 2.41 bits per heavy atom. The largest absolute Gasteiger partial charge is 0.387 e. The van der Waals surface area contributed by atoms with Gasteiger partial charge in [0.2, 0.25) is 0 Å². The molecule has 3 heteroatoms. The fourth-order valence-electron chi connectivity index (χ4n) is 2.51. The van der Waals surface area contributed by atoms with E-state index in [0.717, 1.165) is 18.7 Å². The number of aliphatic hydroxyl groups excluding tert-OH is 1. The van der Waals surface area contributed by atoms with Crippen LogP contribution < -0.4 is 5.32 Å². The van der Waals surface area contributed by atoms with E-state index >= 15 is 0 Å². The first kappa shape index (κ1) is 12.6. The molecule has 3 unspecified atom stereocenters. The summed E-state index contributed by atoms with van der Waals surface area (Å²) < 4.78 is 0. The number of rotatable bonds is 3. The number of benzene rings is 1. The third-order valence-electron chi connectivity index (χ3n) is 3.58. The highest BCUT2D eigenvalue weighted by molar-refractivity contribution is 5.17. The van der Waals surface area contributed by atoms with E-state index in [0.29, 0.717) is 18.6 Å². The topological polar surface area (TPSA) is 35.5 Å². The van der Waals surface area contributed by atoms with Gasteiger partial charge in [-0.25, -0.2) is 0 Å². The maximum absolute atomic E-state index is 10.2. The molecule has 2 rings (SSSR count). The van der Waals surface area contributed by atoms with E-state index in [1.165, 1.54) is 0 Å². The molecule has 0 amide bonds. The van der Waals surface area contributed by atoms with Crippen molar-refractivity contribution in [2.75, 3.05) is 19.6 Å². The maximum atomic E-state index is 10.2. The van der Waals surface area contributed by atoms with Crippen LogP contribution in [0.5, 0.6) is 0 Å². The third kappa shape index (κ3) is 3.06. The van der Waals surface area contributed by atoms with Gasteiger partial charge in [-0.3, -0.25) is 4.90 Å². The molecule has 0 bridgehead atoms. The van der Waals surface area contributed by atoms with Crippen LogP contribution in [-0.2, 0) is 0 Å². The van der Waals surface area contributed by atoms with Crippen molar-refractivity contribution in [3.63, 3.8) is 0 Å². The van der Waals surface area contributed by atoms with E-state index in [9.17, 15) is 5.11 Å². The molecule has 2 N–H and O–H groups in total. The molecule has 1 saturated heterocycles. The Morgan fingerprint density at radius 1 is 1.24 bits per heavy atom. The standard InChI is InChI=1S/C14H22N2O/c1-11-8-15-9-12(2)16(11)10-14(17)13-6-4-3-5-7-13/h3-7,11-12,14-15,17H,8-10H2,1-2H3. The van der Waals surface area contributed by atoms with Crippen LogP contribution in [0.4, 0.5) is 0 Å². The minimum absolute atomic E-state index is 0.390. The lowest BCUT2D eigenvalue weighted by atomic mass is 10.1. The quantitative estimate of drug-likeness (QED) is 0.830. The van der Waals surface area contributed by atoms with E-state index in [1.807, 2.05) is 30.3 Å². The van der Waals surface area contributed by atoms with Crippen molar-refractivity contribution < 1.29 is 5.11 Å². The van der Waals surface area contributed by atoms with Gasteiger partial charge in [0.25, 0.3) is 0 Å². The van der Waals surface area contributed by atoms with Gasteiger partial charge in [0.15, 0.2) is 0 Å². The van der Waals surface area contributed by atoms with Gasteiger partial charge in [-0.1, -0.05) is 30.3 Å². The molecule has 0 aliphatic carbocycles. The van der Waals surface area contributed by atoms with E-state index in [2.05, 4.69) is 24.1 Å². The number of hydrogen-bond acceptors (Lipinski definition) is 3. The summed E-state index contributed by atoms with van der Waals surface area (Å²) in [5.74, 6) is 0. The highest BCUT2D eigenvalue weighted by Crippen LogP contribution is 2.18. The van der Waals surface area contributed by atoms with E-state index in [-0.39, 0.29) is 6.10 Å². The van der Waals surface area contributed by atoms with Crippen LogP contribution >= 0.6 is 0 Å². The Bertz CT molecular complexity index is 331. The van der Waals surface area contributed by atoms with Gasteiger partial charge < -0.3 is 10.4 Å². The van der Waals surface area contributed by atoms with Crippen molar-refractivity contribution in [1.82, 2.24) is 10.2 Å². The second-order valence-electron chi connectivity index (χ2n) is 4.98. The highest BCUT2D eigenvalue weighted by atomic mass is 16.3. The van der Waals surface area contributed by atoms with Gasteiger partial charge in [0.1, 0.15) is 0 Å². The summed E-state index contributed by atoms with van der Waals surface area (Å²) in [5.41, 5.74) is 1.01. The predicted octanol–water partition coefficient (Wildman–Crippen LogP) is 1.40. The molecule has 1 aromatic carbocycles. The molecule has 1 fully saturated rings. The Balaban J connectivity index is 2.00. The molecule has 1 aliphatic heterocycles. The van der Waals surface area contributed by atoms with Crippen molar-refractivity contribution >= 4 is 0 Å². The Labute approximate surface area is 103 Å². The summed E-state index contributed by atoms with van der Waals surface area (Å²) in [5, 5.41) is 13.7. The first-order valence-corrected chi connectivity index (χ1v) is 6.38. The number of nitrogens with zero attached hydrogens (tertiary/aromatic N) is 1. The van der Waals surface area contributed by atoms with Crippen molar-refractivity contribution in [2.24, 2.45) is 0 Å². The van der Waals surface area contributed by atoms with Crippen LogP contribution in [0.3, 0.4) is 0 Å². The van der Waals surface area contributed by atoms with Crippen LogP contribution in [0.15, 0.2) is 30.3 Å². The molecule has 0 spiro atoms. The Kier molecular flexibility index (Phi) is 4.15. The SMILES string of the molecule is CC1CNCC(C)N1CC(O)c1ccccc1. The van der Waals surface area contributed by atoms with E-state index in [1.54, 1.807) is 0 Å². The summed E-state index contributed by atoms with van der Waals surface area (Å²) in [7, 11) is 0. The van der Waals surface area contributed by atoms with Crippen molar-refractivity contribution in [1.29, 1.82) is 0 Å². The molecule has 17 heavy (non-hydrogen) atoms. The predicted molar refractivity (Wildman–Crippen MR) is 69.9 cm³/mol. The third-order valence-corrected chi connectivity index (χ3v) is 3.58. The zero-order valence-electron chi connectivity index (χ0n) is 10.6. The number of β-amino-alcohol motifs (C(OH)–C–C–N with tert-alkyl or cyclic N) is 1. The number of aliphatic hydroxyl groups is 1. The summed E-state index contributed by atoms with van der Waals surface area (Å²) >= 11 is 0. The summed E-state index contributed by atoms with van der Waals surface area (Å²) in [6.45, 7) is 7.15. The molecule has 0 aromatic heterocycles. The molecule has 1 heterocycles. The van der Waals surface area contributed by atoms with Crippen LogP contribution in [0, 0.1) is 0 Å². The second kappa shape index (κ2) is 5.63. The van der Waals surface area contributed by atoms with Gasteiger partial charge in [0, 0.05) is 31.7 Å². The van der Waals surface area contributed by atoms with Gasteiger partial charge in [-0.2, -0.15) is 0 Å². The monoisotopic (exact) mass is 234 g/mol. The summed E-state index contributed by atoms with van der Waals surface area (Å²) in [6.07, 6.45) is -0.390. The van der Waals surface area contributed by atoms with E-state index in [4.69, 9.17) is 0 Å². The summed E-state index contributed by atoms with van der Waals surface area (Å²) in [4.78, 5) is 2.38. The average molecular weight is 234 g/mol. The lowest BCUT2D eigenvalue weighted by Crippen LogP contribution is -2.55. The molecule has 94 valence electrons. The molecule has 3 nitrogen and oxygen atoms in total. The van der Waals surface area contributed by atoms with Gasteiger partial charge in [-0.05, 0) is 19.4 Å². The minimum Gasteiger partial charge on any atom is -0.387 e. The molecule has 1 aliphatic rings. The van der Waals surface area contributed by atoms with Crippen molar-refractivity contribution in [3.8, 4) is 0 Å². The zero-order chi connectivity index (χ0) is 12.3. The molecular weight excluding hydrogens is 212 g/mol. The van der Waals surface area contributed by atoms with Crippen molar-refractivity contribution in [2.45, 2.75) is 32.0 Å². The van der Waals surface area contributed by atoms with Crippen LogP contribution in [-0.4, -0.2) is 41.7 Å². The second-order valence-corrected chi connectivity index (χ2v) is 4.98. The molecular formula is C14H22N2O. The molecule has 0 radical (unpaired) electrons. The number of piperazine rings is 1. The Hall–Kier alpha value is -0.900. The average Bonchev–Trinajstić information content (AvgIpc) is 2.35. The van der Waals surface area contributed by atoms with Gasteiger partial charge >= 0.3 is 0 Å². The lowest BCUT2D eigenvalue weighted by Gasteiger charge is -2.40. The van der Waals surface area contributed by atoms with E-state index < -0.39 is 0 Å². The fourth-order valence-corrected chi connectivity index (χ4v) is 2.51. The highest BCUT2D eigenvalue weighted by Gasteiger charge is 2.26. The lowest BCUT2D eigenvalue weighted by molar-refractivity contribution is 0.0491. The molecule has 0 saturated carbocycles. The molecule has 3 atom stereocenters. The first-order chi connectivity index (χ1) is 8.18. The smallest absolute Gasteiger partial charge is 0.0917 e. The fraction of sp³-hybridized carbons (Fsp3) is 0.571. The minimum atomic E-state index is -0.390.